The number of esters is 1. The second-order valence-electron chi connectivity index (χ2n) is 16.0. The van der Waals surface area contributed by atoms with E-state index >= 15 is 0 Å². The first-order valence-electron chi connectivity index (χ1n) is 18.2. The maximum Gasteiger partial charge on any atom is 0.311 e. The number of likely N-dealkylation sites (N-methyl/N-ethyl adjacent to an activating group) is 1. The quantitative estimate of drug-likeness (QED) is 0.270. The summed E-state index contributed by atoms with van der Waals surface area (Å²) in [4.78, 5) is 27.3. The molecule has 0 aromatic heterocycles. The van der Waals surface area contributed by atoms with E-state index in [0.29, 0.717) is 25.1 Å². The maximum absolute atomic E-state index is 14.0. The third kappa shape index (κ3) is 9.53. The van der Waals surface area contributed by atoms with Crippen LogP contribution in [0.2, 0.25) is 0 Å². The van der Waals surface area contributed by atoms with Crippen molar-refractivity contribution in [3.05, 3.63) is 11.3 Å². The van der Waals surface area contributed by atoms with Crippen molar-refractivity contribution < 1.29 is 102 Å². The van der Waals surface area contributed by atoms with Gasteiger partial charge in [0.1, 0.15) is 35.3 Å². The normalized spacial score (nSPS) is 46.9. The van der Waals surface area contributed by atoms with Gasteiger partial charge in [-0.1, -0.05) is 20.8 Å². The van der Waals surface area contributed by atoms with E-state index in [-0.39, 0.29) is 62.6 Å². The molecule has 0 aliphatic carbocycles. The number of carbonyl (C=O) groups is 2. The van der Waals surface area contributed by atoms with Gasteiger partial charge in [-0.3, -0.25) is 9.59 Å². The van der Waals surface area contributed by atoms with Crippen LogP contribution in [0.1, 0.15) is 88.5 Å². The molecule has 3 saturated heterocycles. The van der Waals surface area contributed by atoms with Gasteiger partial charge in [0.2, 0.25) is 0 Å². The third-order valence-electron chi connectivity index (χ3n) is 11.9. The molecule has 0 saturated carbocycles. The Morgan fingerprint density at radius 2 is 1.55 bits per heavy atom. The Morgan fingerprint density at radius 1 is 0.902 bits per heavy atom. The predicted molar refractivity (Wildman–Crippen MR) is 183 cm³/mol. The standard InChI is InChI=1S/C37H63NO12.Ac/c1-18-15-37(10)32(49-35-29(41)26(38(11)12)14-19(2)45-35)22(5)31(48-27-16-36(9,43-13)33(44-17-39)25(8)46-27)23(6)34(42)47-24(7)20(3)28(40)21(4)30(18)50-37;/h17,19-29,31-33,35,40-41H,14-16H2,1-13H3;/t19-,20+,21-,22+,23-,24?,25+,26?,27?,28?,29?,31?,32?,33?,35?,36?,37?;/m1./s1. The molecule has 2 N–H and O–H groups in total. The summed E-state index contributed by atoms with van der Waals surface area (Å²) >= 11 is 0. The SMILES string of the molecule is COC1(C)CC(OC2[C@H](C)C(OC3O[C@H](C)CC(N(C)C)C3O)C3(C)CC(C)=C(O3)[C@H](C)C(O)[C@@H](C)C(C)OC(=O)[C@@H]2C)O[C@@H](C)C1OC=O.[Ac]. The van der Waals surface area contributed by atoms with Crippen LogP contribution in [0.4, 0.5) is 0 Å². The zero-order chi connectivity index (χ0) is 37.5. The number of hydrogen-bond acceptors (Lipinski definition) is 13. The van der Waals surface area contributed by atoms with Crippen LogP contribution in [-0.4, -0.2) is 127 Å². The van der Waals surface area contributed by atoms with Crippen molar-refractivity contribution in [1.82, 2.24) is 4.90 Å². The van der Waals surface area contributed by atoms with Gasteiger partial charge in [0.15, 0.2) is 18.7 Å². The Kier molecular flexibility index (Phi) is 15.9. The van der Waals surface area contributed by atoms with E-state index < -0.39 is 96.2 Å². The van der Waals surface area contributed by atoms with Crippen LogP contribution in [0.3, 0.4) is 0 Å². The number of ether oxygens (including phenoxy) is 8. The van der Waals surface area contributed by atoms with E-state index in [9.17, 15) is 19.8 Å². The molecule has 13 nitrogen and oxygen atoms in total. The van der Waals surface area contributed by atoms with Gasteiger partial charge in [-0.2, -0.15) is 0 Å². The molecule has 4 heterocycles. The molecule has 0 spiro atoms. The Bertz CT molecular complexity index is 1220. The number of fused-ring (bicyclic) bond motifs is 2. The van der Waals surface area contributed by atoms with Gasteiger partial charge in [-0.15, -0.1) is 0 Å². The summed E-state index contributed by atoms with van der Waals surface area (Å²) < 4.78 is 50.4. The molecule has 1 radical (unpaired) electrons. The van der Waals surface area contributed by atoms with Gasteiger partial charge in [0, 0.05) is 87.8 Å². The van der Waals surface area contributed by atoms with Crippen molar-refractivity contribution in [2.45, 2.75) is 167 Å². The van der Waals surface area contributed by atoms with E-state index in [4.69, 9.17) is 37.9 Å². The molecular formula is C37H63AcNO12. The molecule has 14 heteroatoms. The molecule has 0 aromatic carbocycles. The van der Waals surface area contributed by atoms with Crippen LogP contribution < -0.4 is 0 Å². The molecule has 51 heavy (non-hydrogen) atoms. The molecule has 4 rings (SSSR count). The summed E-state index contributed by atoms with van der Waals surface area (Å²) in [7, 11) is 5.38. The zero-order valence-corrected chi connectivity index (χ0v) is 37.6. The first-order valence-corrected chi connectivity index (χ1v) is 18.2. The van der Waals surface area contributed by atoms with Crippen molar-refractivity contribution in [1.29, 1.82) is 0 Å². The largest absolute Gasteiger partial charge is 0.489 e. The van der Waals surface area contributed by atoms with Gasteiger partial charge in [0.25, 0.3) is 6.47 Å². The van der Waals surface area contributed by atoms with Crippen molar-refractivity contribution in [2.24, 2.45) is 23.7 Å². The van der Waals surface area contributed by atoms with Gasteiger partial charge in [-0.05, 0) is 74.6 Å². The number of rotatable bonds is 8. The smallest absolute Gasteiger partial charge is 0.311 e. The number of carbonyl (C=O) groups excluding carboxylic acids is 2. The molecule has 11 unspecified atom stereocenters. The van der Waals surface area contributed by atoms with Crippen LogP contribution in [0.15, 0.2) is 11.3 Å². The molecule has 0 amide bonds. The monoisotopic (exact) mass is 940 g/mol. The van der Waals surface area contributed by atoms with Gasteiger partial charge < -0.3 is 53.0 Å². The zero-order valence-electron chi connectivity index (χ0n) is 32.9. The minimum absolute atomic E-state index is 0. The number of methoxy groups -OCH3 is 1. The summed E-state index contributed by atoms with van der Waals surface area (Å²) in [5.74, 6) is -2.03. The average molecular weight is 941 g/mol. The topological polar surface area (TPSA) is 152 Å². The molecule has 4 aliphatic rings. The summed E-state index contributed by atoms with van der Waals surface area (Å²) in [5, 5.41) is 23.1. The summed E-state index contributed by atoms with van der Waals surface area (Å²) in [6, 6.07) is -0.217. The second kappa shape index (κ2) is 18.0. The number of hydrogen-bond donors (Lipinski definition) is 2. The van der Waals surface area contributed by atoms with E-state index in [1.54, 1.807) is 27.9 Å². The average Bonchev–Trinajstić information content (AvgIpc) is 3.37. The van der Waals surface area contributed by atoms with E-state index in [1.165, 1.54) is 0 Å². The van der Waals surface area contributed by atoms with Gasteiger partial charge >= 0.3 is 5.97 Å². The van der Waals surface area contributed by atoms with Gasteiger partial charge in [0.05, 0.1) is 30.3 Å². The number of nitrogens with zero attached hydrogens (tertiary/aromatic N) is 1. The maximum atomic E-state index is 14.0. The molecule has 0 aromatic rings. The fourth-order valence-electron chi connectivity index (χ4n) is 8.61. The van der Waals surface area contributed by atoms with Crippen LogP contribution in [0.25, 0.3) is 0 Å². The first-order chi connectivity index (χ1) is 23.3. The predicted octanol–water partition coefficient (Wildman–Crippen LogP) is 3.57. The fraction of sp³-hybridized carbons (Fsp3) is 0.892. The van der Waals surface area contributed by atoms with Crippen molar-refractivity contribution in [3.63, 3.8) is 0 Å². The number of cyclic esters (lactones) is 1. The first kappa shape index (κ1) is 45.0. The Morgan fingerprint density at radius 3 is 2.14 bits per heavy atom. The van der Waals surface area contributed by atoms with Crippen LogP contribution in [-0.2, 0) is 47.5 Å². The molecule has 17 atom stereocenters. The van der Waals surface area contributed by atoms with Crippen molar-refractivity contribution >= 4 is 12.4 Å². The Labute approximate surface area is 340 Å². The number of aliphatic hydroxyl groups excluding tert-OH is 2. The van der Waals surface area contributed by atoms with E-state index in [2.05, 4.69) is 0 Å². The molecule has 2 bridgehead atoms. The third-order valence-corrected chi connectivity index (χ3v) is 11.9. The van der Waals surface area contributed by atoms with E-state index in [1.807, 2.05) is 67.5 Å². The molecule has 291 valence electrons. The minimum atomic E-state index is -1.01. The van der Waals surface area contributed by atoms with Crippen molar-refractivity contribution in [2.75, 3.05) is 21.2 Å². The van der Waals surface area contributed by atoms with Crippen molar-refractivity contribution in [3.8, 4) is 0 Å². The number of aliphatic hydroxyl groups is 2. The fourth-order valence-corrected chi connectivity index (χ4v) is 8.61. The van der Waals surface area contributed by atoms with Crippen LogP contribution >= 0.6 is 0 Å². The summed E-state index contributed by atoms with van der Waals surface area (Å²) in [6.07, 6.45) is -6.13. The van der Waals surface area contributed by atoms with Crippen LogP contribution in [0.5, 0.6) is 0 Å². The molecule has 4 aliphatic heterocycles. The minimum Gasteiger partial charge on any atom is -0.489 e. The Hall–Kier alpha value is -0.398. The van der Waals surface area contributed by atoms with E-state index in [0.717, 1.165) is 5.57 Å². The summed E-state index contributed by atoms with van der Waals surface area (Å²) in [5.41, 5.74) is -0.965. The van der Waals surface area contributed by atoms with Crippen LogP contribution in [0, 0.1) is 67.7 Å². The Balaban J connectivity index is 0.00000702. The molecule has 3 fully saturated rings. The van der Waals surface area contributed by atoms with Gasteiger partial charge in [-0.25, -0.2) is 0 Å². The second-order valence-corrected chi connectivity index (χ2v) is 16.0. The molecular weight excluding hydrogens is 877 g/mol. The summed E-state index contributed by atoms with van der Waals surface area (Å²) in [6.45, 7) is 19.2.